The summed E-state index contributed by atoms with van der Waals surface area (Å²) in [6.07, 6.45) is 0.324. The fraction of sp³-hybridized carbons (Fsp3) is 0.412. The van der Waals surface area contributed by atoms with E-state index in [9.17, 15) is 4.79 Å². The molecule has 1 heterocycles. The number of rotatable bonds is 7. The summed E-state index contributed by atoms with van der Waals surface area (Å²) in [6.45, 7) is 6.67. The van der Waals surface area contributed by atoms with Gasteiger partial charge in [0.15, 0.2) is 0 Å². The maximum Gasteiger partial charge on any atom is 0.228 e. The van der Waals surface area contributed by atoms with Gasteiger partial charge in [-0.3, -0.25) is 4.79 Å². The van der Waals surface area contributed by atoms with Gasteiger partial charge in [-0.15, -0.1) is 0 Å². The lowest BCUT2D eigenvalue weighted by Gasteiger charge is -2.08. The Hall–Kier alpha value is -1.85. The molecule has 0 unspecified atom stereocenters. The lowest BCUT2D eigenvalue weighted by molar-refractivity contribution is -0.120. The van der Waals surface area contributed by atoms with Crippen molar-refractivity contribution in [2.75, 3.05) is 13.2 Å². The lowest BCUT2D eigenvalue weighted by Crippen LogP contribution is -2.29. The summed E-state index contributed by atoms with van der Waals surface area (Å²) >= 11 is 6.14. The summed E-state index contributed by atoms with van der Waals surface area (Å²) in [5.41, 5.74) is 1.33. The quantitative estimate of drug-likeness (QED) is 0.787. The van der Waals surface area contributed by atoms with E-state index in [1.807, 2.05) is 32.0 Å². The average Bonchev–Trinajstić information content (AvgIpc) is 2.85. The highest BCUT2D eigenvalue weighted by Gasteiger charge is 2.16. The molecule has 0 bridgehead atoms. The number of carbonyl (C=O) groups excluding carboxylic acids is 1. The molecule has 2 rings (SSSR count). The standard InChI is InChI=1S/C17H21ClN2O3/c1-11(2)22-9-8-19-16(21)10-15-12(3)23-17(20-15)13-6-4-5-7-14(13)18/h4-7,11H,8-10H2,1-3H3,(H,19,21). The number of benzene rings is 1. The van der Waals surface area contributed by atoms with Crippen LogP contribution in [-0.2, 0) is 16.0 Å². The minimum atomic E-state index is -0.112. The molecule has 0 aliphatic heterocycles. The Kier molecular flexibility index (Phi) is 6.19. The van der Waals surface area contributed by atoms with Crippen molar-refractivity contribution >= 4 is 17.5 Å². The second-order valence-electron chi connectivity index (χ2n) is 5.45. The molecule has 23 heavy (non-hydrogen) atoms. The average molecular weight is 337 g/mol. The Morgan fingerprint density at radius 2 is 2.13 bits per heavy atom. The van der Waals surface area contributed by atoms with Gasteiger partial charge in [0.2, 0.25) is 11.8 Å². The molecule has 0 saturated carbocycles. The molecule has 0 atom stereocenters. The normalized spacial score (nSPS) is 11.0. The molecule has 1 amide bonds. The molecular formula is C17H21ClN2O3. The third-order valence-corrected chi connectivity index (χ3v) is 3.53. The fourth-order valence-electron chi connectivity index (χ4n) is 2.04. The van der Waals surface area contributed by atoms with Gasteiger partial charge < -0.3 is 14.5 Å². The van der Waals surface area contributed by atoms with Crippen LogP contribution < -0.4 is 5.32 Å². The topological polar surface area (TPSA) is 64.4 Å². The van der Waals surface area contributed by atoms with Crippen LogP contribution in [0.2, 0.25) is 5.02 Å². The number of nitrogens with zero attached hydrogens (tertiary/aromatic N) is 1. The number of amides is 1. The molecule has 1 aromatic carbocycles. The first-order valence-electron chi connectivity index (χ1n) is 7.57. The number of aromatic nitrogens is 1. The third-order valence-electron chi connectivity index (χ3n) is 3.20. The number of aryl methyl sites for hydroxylation is 1. The Balaban J connectivity index is 1.96. The van der Waals surface area contributed by atoms with Crippen molar-refractivity contribution in [1.82, 2.24) is 10.3 Å². The zero-order valence-corrected chi connectivity index (χ0v) is 14.3. The molecule has 1 aromatic heterocycles. The summed E-state index contributed by atoms with van der Waals surface area (Å²) in [5.74, 6) is 0.937. The van der Waals surface area contributed by atoms with Gasteiger partial charge in [0.1, 0.15) is 5.76 Å². The van der Waals surface area contributed by atoms with Gasteiger partial charge in [-0.05, 0) is 32.9 Å². The molecule has 0 aliphatic rings. The molecule has 6 heteroatoms. The summed E-state index contributed by atoms with van der Waals surface area (Å²) in [5, 5.41) is 3.37. The van der Waals surface area contributed by atoms with Gasteiger partial charge in [0, 0.05) is 6.54 Å². The largest absolute Gasteiger partial charge is 0.441 e. The predicted octanol–water partition coefficient (Wildman–Crippen LogP) is 3.39. The van der Waals surface area contributed by atoms with Gasteiger partial charge >= 0.3 is 0 Å². The summed E-state index contributed by atoms with van der Waals surface area (Å²) in [4.78, 5) is 16.3. The molecule has 0 radical (unpaired) electrons. The number of hydrogen-bond acceptors (Lipinski definition) is 4. The first-order chi connectivity index (χ1) is 11.0. The van der Waals surface area contributed by atoms with Crippen LogP contribution >= 0.6 is 11.6 Å². The molecule has 0 saturated heterocycles. The Morgan fingerprint density at radius 1 is 1.39 bits per heavy atom. The molecule has 0 aliphatic carbocycles. The van der Waals surface area contributed by atoms with E-state index in [-0.39, 0.29) is 18.4 Å². The van der Waals surface area contributed by atoms with Gasteiger partial charge in [0.25, 0.3) is 0 Å². The fourth-order valence-corrected chi connectivity index (χ4v) is 2.26. The second kappa shape index (κ2) is 8.13. The summed E-state index contributed by atoms with van der Waals surface area (Å²) in [7, 11) is 0. The maximum atomic E-state index is 11.9. The number of hydrogen-bond donors (Lipinski definition) is 1. The van der Waals surface area contributed by atoms with E-state index >= 15 is 0 Å². The number of oxazole rings is 1. The lowest BCUT2D eigenvalue weighted by atomic mass is 10.2. The van der Waals surface area contributed by atoms with Crippen molar-refractivity contribution in [3.05, 3.63) is 40.7 Å². The van der Waals surface area contributed by atoms with E-state index in [0.29, 0.717) is 41.1 Å². The smallest absolute Gasteiger partial charge is 0.228 e. The van der Waals surface area contributed by atoms with Crippen LogP contribution in [0, 0.1) is 6.92 Å². The monoisotopic (exact) mass is 336 g/mol. The van der Waals surface area contributed by atoms with Gasteiger partial charge in [0.05, 0.1) is 35.4 Å². The van der Waals surface area contributed by atoms with Gasteiger partial charge in [-0.25, -0.2) is 4.98 Å². The van der Waals surface area contributed by atoms with Crippen molar-refractivity contribution in [3.63, 3.8) is 0 Å². The molecule has 0 spiro atoms. The van der Waals surface area contributed by atoms with E-state index < -0.39 is 0 Å². The van der Waals surface area contributed by atoms with Gasteiger partial charge in [-0.2, -0.15) is 0 Å². The van der Waals surface area contributed by atoms with Crippen LogP contribution in [0.25, 0.3) is 11.5 Å². The molecule has 2 aromatic rings. The van der Waals surface area contributed by atoms with Crippen molar-refractivity contribution < 1.29 is 13.9 Å². The SMILES string of the molecule is Cc1oc(-c2ccccc2Cl)nc1CC(=O)NCCOC(C)C. The first kappa shape index (κ1) is 17.5. The minimum absolute atomic E-state index is 0.112. The van der Waals surface area contributed by atoms with Crippen molar-refractivity contribution in [2.45, 2.75) is 33.3 Å². The van der Waals surface area contributed by atoms with Crippen molar-refractivity contribution in [2.24, 2.45) is 0 Å². The highest BCUT2D eigenvalue weighted by atomic mass is 35.5. The van der Waals surface area contributed by atoms with Crippen LogP contribution in [-0.4, -0.2) is 30.1 Å². The Bertz CT molecular complexity index is 668. The molecule has 0 fully saturated rings. The van der Waals surface area contributed by atoms with E-state index in [0.717, 1.165) is 0 Å². The Morgan fingerprint density at radius 3 is 2.83 bits per heavy atom. The van der Waals surface area contributed by atoms with Crippen molar-refractivity contribution in [1.29, 1.82) is 0 Å². The number of carbonyl (C=O) groups is 1. The minimum Gasteiger partial charge on any atom is -0.441 e. The van der Waals surface area contributed by atoms with Crippen LogP contribution in [0.3, 0.4) is 0 Å². The molecule has 1 N–H and O–H groups in total. The zero-order chi connectivity index (χ0) is 16.8. The number of ether oxygens (including phenoxy) is 1. The molecular weight excluding hydrogens is 316 g/mol. The van der Waals surface area contributed by atoms with Crippen LogP contribution in [0.1, 0.15) is 25.3 Å². The summed E-state index contributed by atoms with van der Waals surface area (Å²) in [6, 6.07) is 7.31. The highest BCUT2D eigenvalue weighted by molar-refractivity contribution is 6.33. The van der Waals surface area contributed by atoms with Crippen LogP contribution in [0.5, 0.6) is 0 Å². The number of halogens is 1. The maximum absolute atomic E-state index is 11.9. The van der Waals surface area contributed by atoms with E-state index in [1.165, 1.54) is 0 Å². The van der Waals surface area contributed by atoms with Gasteiger partial charge in [-0.1, -0.05) is 23.7 Å². The predicted molar refractivity (Wildman–Crippen MR) is 89.5 cm³/mol. The zero-order valence-electron chi connectivity index (χ0n) is 13.6. The van der Waals surface area contributed by atoms with Crippen LogP contribution in [0.15, 0.2) is 28.7 Å². The highest BCUT2D eigenvalue weighted by Crippen LogP contribution is 2.28. The van der Waals surface area contributed by atoms with Crippen molar-refractivity contribution in [3.8, 4) is 11.5 Å². The molecule has 5 nitrogen and oxygen atoms in total. The second-order valence-corrected chi connectivity index (χ2v) is 5.86. The first-order valence-corrected chi connectivity index (χ1v) is 7.94. The summed E-state index contributed by atoms with van der Waals surface area (Å²) < 4.78 is 11.0. The van der Waals surface area contributed by atoms with E-state index in [2.05, 4.69) is 10.3 Å². The molecule has 124 valence electrons. The van der Waals surface area contributed by atoms with Crippen LogP contribution in [0.4, 0.5) is 0 Å². The third kappa shape index (κ3) is 5.08. The van der Waals surface area contributed by atoms with E-state index in [4.69, 9.17) is 20.8 Å². The Labute approximate surface area is 141 Å². The number of nitrogens with one attached hydrogen (secondary N) is 1. The van der Waals surface area contributed by atoms with E-state index in [1.54, 1.807) is 13.0 Å².